The lowest BCUT2D eigenvalue weighted by Crippen LogP contribution is -2.08. The van der Waals surface area contributed by atoms with Crippen LogP contribution < -0.4 is 0 Å². The molecule has 0 atom stereocenters. The van der Waals surface area contributed by atoms with Crippen LogP contribution in [-0.2, 0) is 9.53 Å². The highest BCUT2D eigenvalue weighted by atomic mass is 16.5. The molecule has 0 aliphatic heterocycles. The van der Waals surface area contributed by atoms with Gasteiger partial charge in [0.2, 0.25) is 0 Å². The zero-order valence-corrected chi connectivity index (χ0v) is 8.44. The van der Waals surface area contributed by atoms with E-state index in [0.717, 1.165) is 5.56 Å². The Hall–Kier alpha value is -1.57. The van der Waals surface area contributed by atoms with Gasteiger partial charge in [0.15, 0.2) is 0 Å². The summed E-state index contributed by atoms with van der Waals surface area (Å²) in [4.78, 5) is 11.1. The second-order valence-corrected chi connectivity index (χ2v) is 3.23. The van der Waals surface area contributed by atoms with Crippen molar-refractivity contribution in [3.8, 4) is 0 Å². The Morgan fingerprint density at radius 1 is 1.29 bits per heavy atom. The molecule has 1 aromatic rings. The zero-order chi connectivity index (χ0) is 10.4. The Balaban J connectivity index is 2.52. The third-order valence-electron chi connectivity index (χ3n) is 1.56. The molecule has 0 bridgehead atoms. The van der Waals surface area contributed by atoms with Crippen LogP contribution in [0.15, 0.2) is 36.4 Å². The molecule has 0 fully saturated rings. The average molecular weight is 190 g/mol. The van der Waals surface area contributed by atoms with Crippen LogP contribution in [0.5, 0.6) is 0 Å². The van der Waals surface area contributed by atoms with Crippen molar-refractivity contribution >= 4 is 12.0 Å². The van der Waals surface area contributed by atoms with Crippen LogP contribution in [0.3, 0.4) is 0 Å². The van der Waals surface area contributed by atoms with E-state index < -0.39 is 0 Å². The van der Waals surface area contributed by atoms with E-state index in [1.54, 1.807) is 6.08 Å². The fourth-order valence-electron chi connectivity index (χ4n) is 1.00. The van der Waals surface area contributed by atoms with Gasteiger partial charge >= 0.3 is 5.97 Å². The molecule has 0 saturated heterocycles. The van der Waals surface area contributed by atoms with Crippen LogP contribution in [0.25, 0.3) is 6.08 Å². The lowest BCUT2D eigenvalue weighted by atomic mass is 10.2. The highest BCUT2D eigenvalue weighted by Gasteiger charge is 1.98. The van der Waals surface area contributed by atoms with Gasteiger partial charge in [-0.05, 0) is 25.5 Å². The molecule has 2 nitrogen and oxygen atoms in total. The van der Waals surface area contributed by atoms with Gasteiger partial charge in [-0.15, -0.1) is 0 Å². The first-order valence-electron chi connectivity index (χ1n) is 4.62. The van der Waals surface area contributed by atoms with Crippen molar-refractivity contribution in [2.45, 2.75) is 20.0 Å². The van der Waals surface area contributed by atoms with Gasteiger partial charge < -0.3 is 4.74 Å². The van der Waals surface area contributed by atoms with Gasteiger partial charge in [-0.25, -0.2) is 4.79 Å². The molecule has 0 spiro atoms. The maximum atomic E-state index is 11.1. The number of esters is 1. The molecular weight excluding hydrogens is 176 g/mol. The molecule has 1 aromatic carbocycles. The summed E-state index contributed by atoms with van der Waals surface area (Å²) in [6, 6.07) is 9.64. The largest absolute Gasteiger partial charge is 0.460 e. The molecule has 0 amide bonds. The van der Waals surface area contributed by atoms with Gasteiger partial charge in [-0.3, -0.25) is 0 Å². The average Bonchev–Trinajstić information content (AvgIpc) is 2.15. The Labute approximate surface area is 84.2 Å². The molecular formula is C12H14O2. The summed E-state index contributed by atoms with van der Waals surface area (Å²) in [5.41, 5.74) is 0.994. The van der Waals surface area contributed by atoms with Crippen LogP contribution >= 0.6 is 0 Å². The molecule has 0 radical (unpaired) electrons. The van der Waals surface area contributed by atoms with Crippen molar-refractivity contribution in [2.24, 2.45) is 0 Å². The van der Waals surface area contributed by atoms with Crippen molar-refractivity contribution in [1.82, 2.24) is 0 Å². The summed E-state index contributed by atoms with van der Waals surface area (Å²) in [7, 11) is 0. The van der Waals surface area contributed by atoms with Gasteiger partial charge in [-0.2, -0.15) is 0 Å². The van der Waals surface area contributed by atoms with E-state index in [4.69, 9.17) is 4.74 Å². The molecule has 1 rings (SSSR count). The van der Waals surface area contributed by atoms with Crippen molar-refractivity contribution in [1.29, 1.82) is 0 Å². The number of hydrogen-bond acceptors (Lipinski definition) is 2. The van der Waals surface area contributed by atoms with Gasteiger partial charge in [0.25, 0.3) is 0 Å². The molecule has 0 aliphatic carbocycles. The summed E-state index contributed by atoms with van der Waals surface area (Å²) < 4.78 is 4.95. The van der Waals surface area contributed by atoms with Gasteiger partial charge in [0, 0.05) is 6.08 Å². The van der Waals surface area contributed by atoms with Crippen LogP contribution in [0.1, 0.15) is 19.4 Å². The van der Waals surface area contributed by atoms with E-state index >= 15 is 0 Å². The first kappa shape index (κ1) is 10.5. The second kappa shape index (κ2) is 5.22. The number of carbonyl (C=O) groups excluding carboxylic acids is 1. The molecule has 14 heavy (non-hydrogen) atoms. The summed E-state index contributed by atoms with van der Waals surface area (Å²) in [6.07, 6.45) is 3.11. The van der Waals surface area contributed by atoms with E-state index in [9.17, 15) is 4.79 Å². The van der Waals surface area contributed by atoms with E-state index in [2.05, 4.69) is 0 Å². The quantitative estimate of drug-likeness (QED) is 0.541. The molecule has 0 aliphatic rings. The summed E-state index contributed by atoms with van der Waals surface area (Å²) in [5.74, 6) is -0.302. The monoisotopic (exact) mass is 190 g/mol. The summed E-state index contributed by atoms with van der Waals surface area (Å²) >= 11 is 0. The Morgan fingerprint density at radius 3 is 2.50 bits per heavy atom. The predicted octanol–water partition coefficient (Wildman–Crippen LogP) is 2.65. The minimum Gasteiger partial charge on any atom is -0.460 e. The fourth-order valence-corrected chi connectivity index (χ4v) is 1.00. The SMILES string of the molecule is CC(C)OC(=O)/C=C\c1ccccc1. The standard InChI is InChI=1S/C12H14O2/c1-10(2)14-12(13)9-8-11-6-4-3-5-7-11/h3-10H,1-2H3/b9-8-. The third kappa shape index (κ3) is 3.90. The van der Waals surface area contributed by atoms with Gasteiger partial charge in [-0.1, -0.05) is 30.3 Å². The number of ether oxygens (including phenoxy) is 1. The van der Waals surface area contributed by atoms with Crippen molar-refractivity contribution in [2.75, 3.05) is 0 Å². The molecule has 0 unspecified atom stereocenters. The normalized spacial score (nSPS) is 10.8. The number of carbonyl (C=O) groups is 1. The first-order chi connectivity index (χ1) is 6.68. The second-order valence-electron chi connectivity index (χ2n) is 3.23. The molecule has 0 saturated carbocycles. The summed E-state index contributed by atoms with van der Waals surface area (Å²) in [5, 5.41) is 0. The Kier molecular flexibility index (Phi) is 3.92. The molecule has 2 heteroatoms. The highest BCUT2D eigenvalue weighted by molar-refractivity contribution is 5.87. The Bertz CT molecular complexity index is 312. The van der Waals surface area contributed by atoms with Crippen LogP contribution in [0.2, 0.25) is 0 Å². The van der Waals surface area contributed by atoms with Crippen molar-refractivity contribution in [3.05, 3.63) is 42.0 Å². The van der Waals surface area contributed by atoms with E-state index in [0.29, 0.717) is 0 Å². The molecule has 0 heterocycles. The topological polar surface area (TPSA) is 26.3 Å². The molecule has 74 valence electrons. The van der Waals surface area contributed by atoms with E-state index in [1.165, 1.54) is 6.08 Å². The number of benzene rings is 1. The van der Waals surface area contributed by atoms with Gasteiger partial charge in [0.1, 0.15) is 0 Å². The molecule has 0 N–H and O–H groups in total. The third-order valence-corrected chi connectivity index (χ3v) is 1.56. The van der Waals surface area contributed by atoms with Crippen LogP contribution in [0, 0.1) is 0 Å². The smallest absolute Gasteiger partial charge is 0.331 e. The number of rotatable bonds is 3. The maximum Gasteiger partial charge on any atom is 0.331 e. The van der Waals surface area contributed by atoms with Crippen molar-refractivity contribution in [3.63, 3.8) is 0 Å². The predicted molar refractivity (Wildman–Crippen MR) is 56.7 cm³/mol. The Morgan fingerprint density at radius 2 is 1.93 bits per heavy atom. The minimum absolute atomic E-state index is 0.0667. The summed E-state index contributed by atoms with van der Waals surface area (Å²) in [6.45, 7) is 3.66. The first-order valence-corrected chi connectivity index (χ1v) is 4.62. The zero-order valence-electron chi connectivity index (χ0n) is 8.44. The molecule has 0 aromatic heterocycles. The van der Waals surface area contributed by atoms with Crippen LogP contribution in [-0.4, -0.2) is 12.1 Å². The fraction of sp³-hybridized carbons (Fsp3) is 0.250. The van der Waals surface area contributed by atoms with Crippen LogP contribution in [0.4, 0.5) is 0 Å². The van der Waals surface area contributed by atoms with Crippen molar-refractivity contribution < 1.29 is 9.53 Å². The lowest BCUT2D eigenvalue weighted by Gasteiger charge is -2.03. The lowest BCUT2D eigenvalue weighted by molar-refractivity contribution is -0.141. The number of hydrogen-bond donors (Lipinski definition) is 0. The van der Waals surface area contributed by atoms with E-state index in [1.807, 2.05) is 44.2 Å². The maximum absolute atomic E-state index is 11.1. The van der Waals surface area contributed by atoms with Gasteiger partial charge in [0.05, 0.1) is 6.10 Å². The van der Waals surface area contributed by atoms with E-state index in [-0.39, 0.29) is 12.1 Å². The highest BCUT2D eigenvalue weighted by Crippen LogP contribution is 2.01. The minimum atomic E-state index is -0.302.